The van der Waals surface area contributed by atoms with Crippen LogP contribution in [-0.2, 0) is 11.8 Å². The van der Waals surface area contributed by atoms with Gasteiger partial charge in [0, 0.05) is 20.1 Å². The minimum Gasteiger partial charge on any atom is -0.393 e. The molecular formula is C14H24N4O2. The van der Waals surface area contributed by atoms with Crippen molar-refractivity contribution in [3.8, 4) is 0 Å². The van der Waals surface area contributed by atoms with Crippen LogP contribution in [0.2, 0.25) is 0 Å². The molecule has 2 N–H and O–H groups in total. The third-order valence-corrected chi connectivity index (χ3v) is 4.08. The molecule has 1 saturated heterocycles. The van der Waals surface area contributed by atoms with E-state index in [4.69, 9.17) is 0 Å². The first-order valence-electron chi connectivity index (χ1n) is 7.09. The molecule has 6 heteroatoms. The maximum Gasteiger partial charge on any atom is 0.238 e. The third-order valence-electron chi connectivity index (χ3n) is 4.08. The first kappa shape index (κ1) is 15.0. The van der Waals surface area contributed by atoms with E-state index >= 15 is 0 Å². The summed E-state index contributed by atoms with van der Waals surface area (Å²) in [5.41, 5.74) is 2.60. The number of rotatable bonds is 3. The zero-order chi connectivity index (χ0) is 14.9. The molecule has 112 valence electrons. The van der Waals surface area contributed by atoms with Crippen molar-refractivity contribution in [2.45, 2.75) is 33.3 Å². The molecule has 20 heavy (non-hydrogen) atoms. The van der Waals surface area contributed by atoms with Gasteiger partial charge in [-0.2, -0.15) is 5.10 Å². The zero-order valence-electron chi connectivity index (χ0n) is 12.7. The normalized spacial score (nSPS) is 23.9. The first-order chi connectivity index (χ1) is 9.38. The van der Waals surface area contributed by atoms with Crippen molar-refractivity contribution < 1.29 is 9.90 Å². The molecule has 1 fully saturated rings. The number of aliphatic hydroxyl groups excluding tert-OH is 1. The predicted molar refractivity (Wildman–Crippen MR) is 77.5 cm³/mol. The number of nitrogens with zero attached hydrogens (tertiary/aromatic N) is 3. The monoisotopic (exact) mass is 280 g/mol. The van der Waals surface area contributed by atoms with Crippen LogP contribution >= 0.6 is 0 Å². The van der Waals surface area contributed by atoms with Gasteiger partial charge in [-0.25, -0.2) is 0 Å². The Kier molecular flexibility index (Phi) is 4.45. The molecule has 1 aliphatic heterocycles. The Labute approximate surface area is 119 Å². The summed E-state index contributed by atoms with van der Waals surface area (Å²) in [6, 6.07) is 0. The highest BCUT2D eigenvalue weighted by molar-refractivity contribution is 5.93. The summed E-state index contributed by atoms with van der Waals surface area (Å²) in [4.78, 5) is 14.2. The number of carbonyl (C=O) groups is 1. The second-order valence-corrected chi connectivity index (χ2v) is 5.79. The number of piperidine rings is 1. The van der Waals surface area contributed by atoms with Crippen molar-refractivity contribution in [2.75, 3.05) is 25.0 Å². The maximum absolute atomic E-state index is 12.1. The topological polar surface area (TPSA) is 70.4 Å². The SMILES string of the molecule is Cc1nn(C)c(C)c1NC(=O)CN1CCC(O)C(C)C1. The van der Waals surface area contributed by atoms with Crippen LogP contribution in [0, 0.1) is 19.8 Å². The van der Waals surface area contributed by atoms with Gasteiger partial charge in [0.25, 0.3) is 0 Å². The smallest absolute Gasteiger partial charge is 0.238 e. The van der Waals surface area contributed by atoms with Crippen LogP contribution in [0.15, 0.2) is 0 Å². The molecule has 0 aromatic carbocycles. The molecule has 0 spiro atoms. The van der Waals surface area contributed by atoms with Crippen molar-refractivity contribution in [1.82, 2.24) is 14.7 Å². The molecular weight excluding hydrogens is 256 g/mol. The van der Waals surface area contributed by atoms with E-state index in [0.717, 1.165) is 36.6 Å². The Bertz CT molecular complexity index is 498. The van der Waals surface area contributed by atoms with Crippen molar-refractivity contribution >= 4 is 11.6 Å². The first-order valence-corrected chi connectivity index (χ1v) is 7.09. The third kappa shape index (κ3) is 3.19. The highest BCUT2D eigenvalue weighted by Crippen LogP contribution is 2.19. The largest absolute Gasteiger partial charge is 0.393 e. The molecule has 0 radical (unpaired) electrons. The van der Waals surface area contributed by atoms with E-state index in [-0.39, 0.29) is 17.9 Å². The van der Waals surface area contributed by atoms with Gasteiger partial charge in [-0.15, -0.1) is 0 Å². The van der Waals surface area contributed by atoms with Gasteiger partial charge >= 0.3 is 0 Å². The number of aryl methyl sites for hydroxylation is 2. The number of carbonyl (C=O) groups excluding carboxylic acids is 1. The van der Waals surface area contributed by atoms with E-state index in [1.54, 1.807) is 4.68 Å². The highest BCUT2D eigenvalue weighted by atomic mass is 16.3. The summed E-state index contributed by atoms with van der Waals surface area (Å²) < 4.78 is 1.77. The van der Waals surface area contributed by atoms with Crippen LogP contribution < -0.4 is 5.32 Å². The Morgan fingerprint density at radius 1 is 1.50 bits per heavy atom. The Hall–Kier alpha value is -1.40. The zero-order valence-corrected chi connectivity index (χ0v) is 12.7. The van der Waals surface area contributed by atoms with Crippen LogP contribution in [0.3, 0.4) is 0 Å². The van der Waals surface area contributed by atoms with Gasteiger partial charge in [-0.1, -0.05) is 6.92 Å². The molecule has 1 amide bonds. The summed E-state index contributed by atoms with van der Waals surface area (Å²) in [5, 5.41) is 16.9. The summed E-state index contributed by atoms with van der Waals surface area (Å²) in [7, 11) is 1.87. The van der Waals surface area contributed by atoms with Crippen LogP contribution in [-0.4, -0.2) is 51.4 Å². The fourth-order valence-corrected chi connectivity index (χ4v) is 2.70. The molecule has 0 saturated carbocycles. The minimum atomic E-state index is -0.239. The lowest BCUT2D eigenvalue weighted by Gasteiger charge is -2.33. The predicted octanol–water partition coefficient (Wildman–Crippen LogP) is 0.678. The van der Waals surface area contributed by atoms with Gasteiger partial charge in [-0.3, -0.25) is 14.4 Å². The van der Waals surface area contributed by atoms with E-state index in [1.165, 1.54) is 0 Å². The van der Waals surface area contributed by atoms with Crippen molar-refractivity contribution in [3.63, 3.8) is 0 Å². The summed E-state index contributed by atoms with van der Waals surface area (Å²) in [6.45, 7) is 7.75. The molecule has 1 aromatic rings. The average Bonchev–Trinajstić information content (AvgIpc) is 2.61. The van der Waals surface area contributed by atoms with Gasteiger partial charge in [0.2, 0.25) is 5.91 Å². The summed E-state index contributed by atoms with van der Waals surface area (Å²) in [6.07, 6.45) is 0.497. The van der Waals surface area contributed by atoms with Crippen molar-refractivity contribution in [3.05, 3.63) is 11.4 Å². The van der Waals surface area contributed by atoms with Gasteiger partial charge in [0.15, 0.2) is 0 Å². The molecule has 2 heterocycles. The quantitative estimate of drug-likeness (QED) is 0.854. The Morgan fingerprint density at radius 2 is 2.20 bits per heavy atom. The van der Waals surface area contributed by atoms with Gasteiger partial charge < -0.3 is 10.4 Å². The highest BCUT2D eigenvalue weighted by Gasteiger charge is 2.25. The molecule has 2 unspecified atom stereocenters. The van der Waals surface area contributed by atoms with Crippen molar-refractivity contribution in [2.24, 2.45) is 13.0 Å². The number of hydrogen-bond acceptors (Lipinski definition) is 4. The van der Waals surface area contributed by atoms with E-state index in [2.05, 4.69) is 15.3 Å². The van der Waals surface area contributed by atoms with E-state index < -0.39 is 0 Å². The number of likely N-dealkylation sites (tertiary alicyclic amines) is 1. The molecule has 0 aliphatic carbocycles. The molecule has 1 aliphatic rings. The van der Waals surface area contributed by atoms with Gasteiger partial charge in [-0.05, 0) is 26.2 Å². The van der Waals surface area contributed by atoms with Gasteiger partial charge in [0.05, 0.1) is 29.7 Å². The summed E-state index contributed by atoms with van der Waals surface area (Å²) >= 11 is 0. The standard InChI is InChI=1S/C14H24N4O2/c1-9-7-18(6-5-12(9)19)8-13(20)15-14-10(2)16-17(4)11(14)3/h9,12,19H,5-8H2,1-4H3,(H,15,20). The number of amides is 1. The van der Waals surface area contributed by atoms with Gasteiger partial charge in [0.1, 0.15) is 0 Å². The second kappa shape index (κ2) is 5.93. The molecule has 0 bridgehead atoms. The lowest BCUT2D eigenvalue weighted by atomic mass is 9.97. The van der Waals surface area contributed by atoms with Crippen LogP contribution in [0.1, 0.15) is 24.7 Å². The molecule has 1 aromatic heterocycles. The van der Waals surface area contributed by atoms with E-state index in [9.17, 15) is 9.90 Å². The fraction of sp³-hybridized carbons (Fsp3) is 0.714. The van der Waals surface area contributed by atoms with E-state index in [1.807, 2.05) is 27.8 Å². The van der Waals surface area contributed by atoms with Crippen LogP contribution in [0.25, 0.3) is 0 Å². The van der Waals surface area contributed by atoms with Crippen LogP contribution in [0.5, 0.6) is 0 Å². The number of aromatic nitrogens is 2. The number of anilines is 1. The number of aliphatic hydroxyl groups is 1. The van der Waals surface area contributed by atoms with E-state index in [0.29, 0.717) is 6.54 Å². The maximum atomic E-state index is 12.1. The summed E-state index contributed by atoms with van der Waals surface area (Å²) in [5.74, 6) is 0.200. The lowest BCUT2D eigenvalue weighted by molar-refractivity contribution is -0.118. The molecule has 2 rings (SSSR count). The molecule has 2 atom stereocenters. The number of hydrogen-bond donors (Lipinski definition) is 2. The lowest BCUT2D eigenvalue weighted by Crippen LogP contribution is -2.45. The number of nitrogens with one attached hydrogen (secondary N) is 1. The van der Waals surface area contributed by atoms with Crippen molar-refractivity contribution in [1.29, 1.82) is 0 Å². The molecule has 6 nitrogen and oxygen atoms in total. The second-order valence-electron chi connectivity index (χ2n) is 5.79. The average molecular weight is 280 g/mol. The Balaban J connectivity index is 1.93. The fourth-order valence-electron chi connectivity index (χ4n) is 2.70. The van der Waals surface area contributed by atoms with Crippen LogP contribution in [0.4, 0.5) is 5.69 Å². The Morgan fingerprint density at radius 3 is 2.75 bits per heavy atom. The minimum absolute atomic E-state index is 0.0206.